The third-order valence-electron chi connectivity index (χ3n) is 3.60. The molecule has 3 N–H and O–H groups in total. The van der Waals surface area contributed by atoms with E-state index in [4.69, 9.17) is 5.84 Å². The number of nitrogen functional groups attached to an aromatic ring is 1. The quantitative estimate of drug-likeness (QED) is 0.453. The van der Waals surface area contributed by atoms with Gasteiger partial charge in [0, 0.05) is 18.7 Å². The molecule has 0 saturated carbocycles. The summed E-state index contributed by atoms with van der Waals surface area (Å²) < 4.78 is 31.5. The molecule has 3 aromatic rings. The Morgan fingerprint density at radius 1 is 1.32 bits per heavy atom. The maximum Gasteiger partial charge on any atom is 0.387 e. The Bertz CT molecular complexity index is 972. The fraction of sp³-hybridized carbons (Fsp3) is 0.250. The van der Waals surface area contributed by atoms with Gasteiger partial charge in [0.05, 0.1) is 11.4 Å². The number of aromatic nitrogens is 5. The van der Waals surface area contributed by atoms with Crippen LogP contribution in [0.3, 0.4) is 0 Å². The molecule has 148 valence electrons. The molecule has 0 aliphatic carbocycles. The Kier molecular flexibility index (Phi) is 5.78. The molecular weight excluding hydrogens is 392 g/mol. The van der Waals surface area contributed by atoms with Gasteiger partial charge in [0.15, 0.2) is 5.82 Å². The lowest BCUT2D eigenvalue weighted by Gasteiger charge is -2.07. The molecule has 3 rings (SSSR count). The SMILES string of the molecule is Cc1cc(NC(=O)CSc2nnc(-c3ccc(OC(F)F)cc3)n2N)n(C)n1. The number of anilines is 1. The standard InChI is InChI=1S/C16H17F2N7O2S/c1-9-7-12(24(2)23-9)20-13(26)8-28-16-22-21-14(25(16)19)10-3-5-11(6-4-10)27-15(17)18/h3-7,15H,8,19H2,1-2H3,(H,20,26). The molecule has 2 aromatic heterocycles. The zero-order valence-corrected chi connectivity index (χ0v) is 15.8. The van der Waals surface area contributed by atoms with Gasteiger partial charge < -0.3 is 15.9 Å². The van der Waals surface area contributed by atoms with Gasteiger partial charge in [0.25, 0.3) is 0 Å². The first-order valence-corrected chi connectivity index (χ1v) is 9.01. The summed E-state index contributed by atoms with van der Waals surface area (Å²) in [6, 6.07) is 7.60. The van der Waals surface area contributed by atoms with E-state index in [1.807, 2.05) is 6.92 Å². The lowest BCUT2D eigenvalue weighted by atomic mass is 10.2. The molecule has 0 radical (unpaired) electrons. The van der Waals surface area contributed by atoms with E-state index in [-0.39, 0.29) is 17.4 Å². The number of benzene rings is 1. The van der Waals surface area contributed by atoms with E-state index >= 15 is 0 Å². The highest BCUT2D eigenvalue weighted by molar-refractivity contribution is 7.99. The average Bonchev–Trinajstić information content (AvgIpc) is 3.15. The van der Waals surface area contributed by atoms with E-state index in [0.29, 0.717) is 22.4 Å². The molecular formula is C16H17F2N7O2S. The Morgan fingerprint density at radius 2 is 2.04 bits per heavy atom. The normalized spacial score (nSPS) is 11.0. The zero-order valence-electron chi connectivity index (χ0n) is 15.0. The molecule has 0 aliphatic heterocycles. The van der Waals surface area contributed by atoms with Crippen molar-refractivity contribution in [2.45, 2.75) is 18.7 Å². The number of aryl methyl sites for hydroxylation is 2. The molecule has 28 heavy (non-hydrogen) atoms. The molecule has 0 saturated heterocycles. The highest BCUT2D eigenvalue weighted by atomic mass is 32.2. The third-order valence-corrected chi connectivity index (χ3v) is 4.55. The van der Waals surface area contributed by atoms with Crippen molar-refractivity contribution in [3.63, 3.8) is 0 Å². The minimum absolute atomic E-state index is 0.0264. The number of amides is 1. The number of carbonyl (C=O) groups excluding carboxylic acids is 1. The molecule has 0 atom stereocenters. The monoisotopic (exact) mass is 409 g/mol. The first kappa shape index (κ1) is 19.6. The summed E-state index contributed by atoms with van der Waals surface area (Å²) in [6.45, 7) is -1.07. The molecule has 9 nitrogen and oxygen atoms in total. The molecule has 0 aliphatic rings. The summed E-state index contributed by atoms with van der Waals surface area (Å²) in [5.41, 5.74) is 1.36. The summed E-state index contributed by atoms with van der Waals surface area (Å²) in [4.78, 5) is 12.1. The molecule has 1 amide bonds. The number of alkyl halides is 2. The van der Waals surface area contributed by atoms with Gasteiger partial charge in [-0.2, -0.15) is 13.9 Å². The van der Waals surface area contributed by atoms with Gasteiger partial charge >= 0.3 is 6.61 Å². The number of nitrogens with zero attached hydrogens (tertiary/aromatic N) is 5. The Labute approximate surface area is 162 Å². The van der Waals surface area contributed by atoms with Crippen LogP contribution in [0.2, 0.25) is 0 Å². The number of halogens is 2. The Hall–Kier alpha value is -3.15. The van der Waals surface area contributed by atoms with Crippen molar-refractivity contribution in [1.29, 1.82) is 0 Å². The maximum absolute atomic E-state index is 12.2. The lowest BCUT2D eigenvalue weighted by molar-refractivity contribution is -0.113. The second kappa shape index (κ2) is 8.25. The van der Waals surface area contributed by atoms with Crippen LogP contribution in [-0.4, -0.2) is 42.9 Å². The second-order valence-electron chi connectivity index (χ2n) is 5.71. The molecule has 0 unspecified atom stereocenters. The fourth-order valence-corrected chi connectivity index (χ4v) is 3.05. The minimum Gasteiger partial charge on any atom is -0.435 e. The van der Waals surface area contributed by atoms with E-state index in [2.05, 4.69) is 25.3 Å². The number of rotatable bonds is 7. The van der Waals surface area contributed by atoms with Crippen molar-refractivity contribution in [3.05, 3.63) is 36.0 Å². The summed E-state index contributed by atoms with van der Waals surface area (Å²) in [5.74, 6) is 6.76. The average molecular weight is 409 g/mol. The van der Waals surface area contributed by atoms with Crippen molar-refractivity contribution in [1.82, 2.24) is 24.7 Å². The van der Waals surface area contributed by atoms with Crippen molar-refractivity contribution in [2.75, 3.05) is 16.9 Å². The van der Waals surface area contributed by atoms with Gasteiger partial charge in [-0.15, -0.1) is 10.2 Å². The van der Waals surface area contributed by atoms with Crippen LogP contribution < -0.4 is 15.9 Å². The minimum atomic E-state index is -2.89. The molecule has 0 spiro atoms. The predicted molar refractivity (Wildman–Crippen MR) is 99.5 cm³/mol. The van der Waals surface area contributed by atoms with Crippen molar-refractivity contribution in [3.8, 4) is 17.1 Å². The summed E-state index contributed by atoms with van der Waals surface area (Å²) in [5, 5.41) is 15.2. The molecule has 12 heteroatoms. The molecule has 0 bridgehead atoms. The van der Waals surface area contributed by atoms with E-state index in [9.17, 15) is 13.6 Å². The molecule has 0 fully saturated rings. The van der Waals surface area contributed by atoms with Gasteiger partial charge in [0.2, 0.25) is 11.1 Å². The van der Waals surface area contributed by atoms with Gasteiger partial charge in [-0.1, -0.05) is 11.8 Å². The smallest absolute Gasteiger partial charge is 0.387 e. The van der Waals surface area contributed by atoms with Crippen LogP contribution in [0.15, 0.2) is 35.5 Å². The first-order chi connectivity index (χ1) is 13.3. The zero-order chi connectivity index (χ0) is 20.3. The number of thioether (sulfide) groups is 1. The van der Waals surface area contributed by atoms with Crippen LogP contribution in [0.4, 0.5) is 14.6 Å². The van der Waals surface area contributed by atoms with Crippen molar-refractivity contribution < 1.29 is 18.3 Å². The largest absolute Gasteiger partial charge is 0.435 e. The van der Waals surface area contributed by atoms with Gasteiger partial charge in [-0.05, 0) is 31.2 Å². The topological polar surface area (TPSA) is 113 Å². The third kappa shape index (κ3) is 4.57. The highest BCUT2D eigenvalue weighted by Crippen LogP contribution is 2.24. The van der Waals surface area contributed by atoms with E-state index in [1.165, 1.54) is 28.9 Å². The van der Waals surface area contributed by atoms with Crippen LogP contribution in [0.25, 0.3) is 11.4 Å². The molecule has 2 heterocycles. The number of carbonyl (C=O) groups is 1. The summed E-state index contributed by atoms with van der Waals surface area (Å²) >= 11 is 1.11. The van der Waals surface area contributed by atoms with Gasteiger partial charge in [0.1, 0.15) is 11.6 Å². The first-order valence-electron chi connectivity index (χ1n) is 8.02. The van der Waals surface area contributed by atoms with Crippen molar-refractivity contribution >= 4 is 23.5 Å². The highest BCUT2D eigenvalue weighted by Gasteiger charge is 2.15. The van der Waals surface area contributed by atoms with Crippen LogP contribution in [-0.2, 0) is 11.8 Å². The van der Waals surface area contributed by atoms with E-state index < -0.39 is 6.61 Å². The number of nitrogens with two attached hydrogens (primary N) is 1. The van der Waals surface area contributed by atoms with Gasteiger partial charge in [-0.25, -0.2) is 4.68 Å². The second-order valence-corrected chi connectivity index (χ2v) is 6.65. The van der Waals surface area contributed by atoms with Crippen LogP contribution in [0, 0.1) is 6.92 Å². The van der Waals surface area contributed by atoms with Crippen LogP contribution >= 0.6 is 11.8 Å². The van der Waals surface area contributed by atoms with E-state index in [0.717, 1.165) is 17.5 Å². The summed E-state index contributed by atoms with van der Waals surface area (Å²) in [6.07, 6.45) is 0. The number of hydrogen-bond donors (Lipinski definition) is 2. The maximum atomic E-state index is 12.2. The number of nitrogens with one attached hydrogen (secondary N) is 1. The van der Waals surface area contributed by atoms with Gasteiger partial charge in [-0.3, -0.25) is 9.48 Å². The lowest BCUT2D eigenvalue weighted by Crippen LogP contribution is -2.18. The fourth-order valence-electron chi connectivity index (χ4n) is 2.39. The van der Waals surface area contributed by atoms with Crippen LogP contribution in [0.1, 0.15) is 5.69 Å². The number of ether oxygens (including phenoxy) is 1. The predicted octanol–water partition coefficient (Wildman–Crippen LogP) is 2.03. The summed E-state index contributed by atoms with van der Waals surface area (Å²) in [7, 11) is 1.73. The molecule has 1 aromatic carbocycles. The van der Waals surface area contributed by atoms with E-state index in [1.54, 1.807) is 17.8 Å². The van der Waals surface area contributed by atoms with Crippen LogP contribution in [0.5, 0.6) is 5.75 Å². The Balaban J connectivity index is 1.63. The number of hydrogen-bond acceptors (Lipinski definition) is 7. The van der Waals surface area contributed by atoms with Crippen molar-refractivity contribution in [2.24, 2.45) is 7.05 Å². The Morgan fingerprint density at radius 3 is 2.64 bits per heavy atom.